The molecule has 2 heterocycles. The Labute approximate surface area is 126 Å². The van der Waals surface area contributed by atoms with Crippen LogP contribution in [-0.2, 0) is 19.6 Å². The van der Waals surface area contributed by atoms with Crippen LogP contribution in [0.5, 0.6) is 0 Å². The van der Waals surface area contributed by atoms with E-state index in [1.54, 1.807) is 0 Å². The summed E-state index contributed by atoms with van der Waals surface area (Å²) in [7, 11) is 0. The summed E-state index contributed by atoms with van der Waals surface area (Å²) in [5.41, 5.74) is 4.02. The zero-order valence-electron chi connectivity index (χ0n) is 12.9. The maximum Gasteiger partial charge on any atom is 0.0539 e. The summed E-state index contributed by atoms with van der Waals surface area (Å²) < 4.78 is 1.99. The van der Waals surface area contributed by atoms with Crippen LogP contribution in [0.3, 0.4) is 0 Å². The maximum atomic E-state index is 4.39. The summed E-state index contributed by atoms with van der Waals surface area (Å²) in [6, 6.07) is 9.26. The number of nitrogens with one attached hydrogen (secondary N) is 1. The van der Waals surface area contributed by atoms with E-state index < -0.39 is 0 Å². The molecule has 21 heavy (non-hydrogen) atoms. The minimum Gasteiger partial charge on any atom is -0.365 e. The molecule has 1 aromatic carbocycles. The summed E-state index contributed by atoms with van der Waals surface area (Å²) >= 11 is 0. The van der Waals surface area contributed by atoms with E-state index in [2.05, 4.69) is 59.6 Å². The molecule has 4 nitrogen and oxygen atoms in total. The summed E-state index contributed by atoms with van der Waals surface area (Å²) in [5.74, 6) is 0. The molecular formula is C17H24N4. The van der Waals surface area contributed by atoms with Gasteiger partial charge >= 0.3 is 0 Å². The zero-order chi connectivity index (χ0) is 14.7. The monoisotopic (exact) mass is 284 g/mol. The van der Waals surface area contributed by atoms with Gasteiger partial charge in [0.05, 0.1) is 6.20 Å². The second kappa shape index (κ2) is 6.31. The number of aromatic nitrogens is 2. The lowest BCUT2D eigenvalue weighted by Crippen LogP contribution is -2.37. The Kier molecular flexibility index (Phi) is 4.25. The lowest BCUT2D eigenvalue weighted by atomic mass is 10.1. The van der Waals surface area contributed by atoms with Crippen LogP contribution < -0.4 is 10.2 Å². The molecule has 112 valence electrons. The highest BCUT2D eigenvalue weighted by molar-refractivity contribution is 5.54. The van der Waals surface area contributed by atoms with E-state index in [1.165, 1.54) is 16.8 Å². The van der Waals surface area contributed by atoms with Gasteiger partial charge in [-0.1, -0.05) is 25.1 Å². The third-order valence-corrected chi connectivity index (χ3v) is 4.23. The third kappa shape index (κ3) is 3.10. The molecule has 1 N–H and O–H groups in total. The van der Waals surface area contributed by atoms with Crippen LogP contribution in [0.2, 0.25) is 0 Å². The van der Waals surface area contributed by atoms with Gasteiger partial charge < -0.3 is 10.2 Å². The van der Waals surface area contributed by atoms with Gasteiger partial charge in [0.15, 0.2) is 0 Å². The van der Waals surface area contributed by atoms with Crippen molar-refractivity contribution in [3.05, 3.63) is 47.8 Å². The molecule has 0 bridgehead atoms. The van der Waals surface area contributed by atoms with Crippen molar-refractivity contribution in [2.24, 2.45) is 0 Å². The number of rotatable bonds is 4. The maximum absolute atomic E-state index is 4.39. The average Bonchev–Trinajstić information content (AvgIpc) is 2.90. The Morgan fingerprint density at radius 3 is 2.90 bits per heavy atom. The first-order valence-corrected chi connectivity index (χ1v) is 7.87. The lowest BCUT2D eigenvalue weighted by Gasteiger charge is -2.26. The summed E-state index contributed by atoms with van der Waals surface area (Å²) in [6.07, 6.45) is 5.30. The van der Waals surface area contributed by atoms with Crippen molar-refractivity contribution in [1.82, 2.24) is 15.1 Å². The van der Waals surface area contributed by atoms with Gasteiger partial charge in [0.2, 0.25) is 0 Å². The van der Waals surface area contributed by atoms with Crippen molar-refractivity contribution in [2.45, 2.75) is 45.9 Å². The van der Waals surface area contributed by atoms with Crippen molar-refractivity contribution in [3.8, 4) is 0 Å². The summed E-state index contributed by atoms with van der Waals surface area (Å²) in [4.78, 5) is 2.49. The Morgan fingerprint density at radius 2 is 2.14 bits per heavy atom. The SMILES string of the molecule is CCC1CN(Cc2cnn(CC)c2)c2ccccc2CN1. The molecule has 0 amide bonds. The minimum absolute atomic E-state index is 0.540. The minimum atomic E-state index is 0.540. The molecule has 0 radical (unpaired) electrons. The highest BCUT2D eigenvalue weighted by atomic mass is 15.3. The number of nitrogens with zero attached hydrogens (tertiary/aromatic N) is 3. The third-order valence-electron chi connectivity index (χ3n) is 4.23. The fourth-order valence-corrected chi connectivity index (χ4v) is 2.96. The highest BCUT2D eigenvalue weighted by Gasteiger charge is 2.20. The van der Waals surface area contributed by atoms with E-state index in [4.69, 9.17) is 0 Å². The van der Waals surface area contributed by atoms with Crippen LogP contribution >= 0.6 is 0 Å². The molecular weight excluding hydrogens is 260 g/mol. The van der Waals surface area contributed by atoms with E-state index in [1.807, 2.05) is 10.9 Å². The molecule has 0 aliphatic carbocycles. The Morgan fingerprint density at radius 1 is 1.29 bits per heavy atom. The number of anilines is 1. The number of hydrogen-bond donors (Lipinski definition) is 1. The normalized spacial score (nSPS) is 18.4. The van der Waals surface area contributed by atoms with Gasteiger partial charge in [0.25, 0.3) is 0 Å². The molecule has 1 unspecified atom stereocenters. The number of aryl methyl sites for hydroxylation is 1. The standard InChI is InChI=1S/C17H24N4/c1-3-16-13-20(11-14-9-19-21(4-2)12-14)17-8-6-5-7-15(17)10-18-16/h5-9,12,16,18H,3-4,10-11,13H2,1-2H3. The first-order valence-electron chi connectivity index (χ1n) is 7.87. The second-order valence-corrected chi connectivity index (χ2v) is 5.70. The molecule has 0 saturated carbocycles. The van der Waals surface area contributed by atoms with Crippen molar-refractivity contribution in [1.29, 1.82) is 0 Å². The van der Waals surface area contributed by atoms with E-state index in [0.717, 1.165) is 32.6 Å². The number of benzene rings is 1. The van der Waals surface area contributed by atoms with Gasteiger partial charge in [-0.05, 0) is 25.0 Å². The van der Waals surface area contributed by atoms with Gasteiger partial charge in [0, 0.05) is 49.7 Å². The Balaban J connectivity index is 1.86. The molecule has 1 aliphatic rings. The van der Waals surface area contributed by atoms with Gasteiger partial charge in [-0.25, -0.2) is 0 Å². The van der Waals surface area contributed by atoms with Crippen molar-refractivity contribution < 1.29 is 0 Å². The first-order chi connectivity index (χ1) is 10.3. The fourth-order valence-electron chi connectivity index (χ4n) is 2.96. The van der Waals surface area contributed by atoms with Crippen molar-refractivity contribution in [3.63, 3.8) is 0 Å². The van der Waals surface area contributed by atoms with Crippen molar-refractivity contribution in [2.75, 3.05) is 11.4 Å². The number of para-hydroxylation sites is 1. The van der Waals surface area contributed by atoms with E-state index in [9.17, 15) is 0 Å². The Hall–Kier alpha value is -1.81. The van der Waals surface area contributed by atoms with E-state index in [0.29, 0.717) is 6.04 Å². The molecule has 1 aromatic heterocycles. The smallest absolute Gasteiger partial charge is 0.0539 e. The average molecular weight is 284 g/mol. The summed E-state index contributed by atoms with van der Waals surface area (Å²) in [5, 5.41) is 8.05. The van der Waals surface area contributed by atoms with E-state index in [-0.39, 0.29) is 0 Å². The molecule has 4 heteroatoms. The van der Waals surface area contributed by atoms with Crippen LogP contribution in [0.4, 0.5) is 5.69 Å². The van der Waals surface area contributed by atoms with Gasteiger partial charge in [-0.2, -0.15) is 5.10 Å². The first kappa shape index (κ1) is 14.1. The van der Waals surface area contributed by atoms with E-state index >= 15 is 0 Å². The topological polar surface area (TPSA) is 33.1 Å². The molecule has 0 fully saturated rings. The van der Waals surface area contributed by atoms with Crippen LogP contribution in [0.15, 0.2) is 36.7 Å². The number of fused-ring (bicyclic) bond motifs is 1. The molecule has 1 aliphatic heterocycles. The van der Waals surface area contributed by atoms with Crippen LogP contribution in [0, 0.1) is 0 Å². The van der Waals surface area contributed by atoms with Gasteiger partial charge in [-0.15, -0.1) is 0 Å². The molecule has 1 atom stereocenters. The molecule has 3 rings (SSSR count). The predicted molar refractivity (Wildman–Crippen MR) is 86.3 cm³/mol. The largest absolute Gasteiger partial charge is 0.365 e. The quantitative estimate of drug-likeness (QED) is 0.937. The van der Waals surface area contributed by atoms with Crippen LogP contribution in [-0.4, -0.2) is 22.4 Å². The fraction of sp³-hybridized carbons (Fsp3) is 0.471. The molecule has 0 saturated heterocycles. The molecule has 0 spiro atoms. The van der Waals surface area contributed by atoms with Crippen LogP contribution in [0.1, 0.15) is 31.4 Å². The summed E-state index contributed by atoms with van der Waals surface area (Å²) in [6.45, 7) is 8.23. The Bertz CT molecular complexity index is 590. The predicted octanol–water partition coefficient (Wildman–Crippen LogP) is 2.79. The molecule has 2 aromatic rings. The zero-order valence-corrected chi connectivity index (χ0v) is 12.9. The number of hydrogen-bond acceptors (Lipinski definition) is 3. The lowest BCUT2D eigenvalue weighted by molar-refractivity contribution is 0.502. The van der Waals surface area contributed by atoms with Crippen molar-refractivity contribution >= 4 is 5.69 Å². The van der Waals surface area contributed by atoms with Gasteiger partial charge in [0.1, 0.15) is 0 Å². The van der Waals surface area contributed by atoms with Gasteiger partial charge in [-0.3, -0.25) is 4.68 Å². The highest BCUT2D eigenvalue weighted by Crippen LogP contribution is 2.25. The second-order valence-electron chi connectivity index (χ2n) is 5.70. The van der Waals surface area contributed by atoms with Crippen LogP contribution in [0.25, 0.3) is 0 Å².